The Balaban J connectivity index is 1.16. The van der Waals surface area contributed by atoms with E-state index in [1.54, 1.807) is 26.0 Å². The molecule has 0 bridgehead atoms. The minimum absolute atomic E-state index is 0.0731. The molecule has 0 unspecified atom stereocenters. The highest BCUT2D eigenvalue weighted by Crippen LogP contribution is 2.67. The molecule has 2 amide bonds. The van der Waals surface area contributed by atoms with Gasteiger partial charge in [-0.2, -0.15) is 0 Å². The third-order valence-electron chi connectivity index (χ3n) is 11.9. The number of aliphatic carboxylic acids is 1. The summed E-state index contributed by atoms with van der Waals surface area (Å²) < 4.78 is 0. The van der Waals surface area contributed by atoms with E-state index in [0.717, 1.165) is 56.2 Å². The SMILES string of the molecule is C#C[C@@]1(O)CC[C@@H]2[C@@H]3CCC4=CC(=NOCC(=O)N[C@@H](C(=O)N[C@@H](Cc5ccccc5)C(=O)O)C(C)C)CC[C@@]4(C)[C@H]3CC[C@]21C. The van der Waals surface area contributed by atoms with Gasteiger partial charge >= 0.3 is 5.97 Å². The van der Waals surface area contributed by atoms with Crippen molar-refractivity contribution in [2.75, 3.05) is 6.61 Å². The maximum absolute atomic E-state index is 13.1. The van der Waals surface area contributed by atoms with Gasteiger partial charge in [-0.1, -0.05) is 74.7 Å². The molecule has 0 spiro atoms. The molecule has 3 saturated carbocycles. The topological polar surface area (TPSA) is 137 Å². The molecule has 0 saturated heterocycles. The Morgan fingerprint density at radius 3 is 2.43 bits per heavy atom. The lowest BCUT2D eigenvalue weighted by atomic mass is 9.46. The standard InChI is InChI=1S/C37H49N3O6/c1-6-37(45)19-16-29-27-13-12-25-21-26(14-17-35(25,4)28(27)15-18-36(29,37)5)40-46-22-31(41)39-32(23(2)3)33(42)38-30(34(43)44)20-24-10-8-7-9-11-24/h1,7-11,21,23,27-30,32,45H,12-20,22H2,2-5H3,(H,38,42)(H,39,41)(H,43,44)/t27-,28+,29-,30+,32-,35-,36-,37-/m1/s1. The molecule has 0 aliphatic heterocycles. The second-order valence-corrected chi connectivity index (χ2v) is 14.7. The fourth-order valence-electron chi connectivity index (χ4n) is 9.13. The van der Waals surface area contributed by atoms with E-state index < -0.39 is 35.5 Å². The van der Waals surface area contributed by atoms with Crippen LogP contribution in [0, 0.1) is 46.8 Å². The van der Waals surface area contributed by atoms with E-state index in [1.807, 2.05) is 18.2 Å². The zero-order valence-electron chi connectivity index (χ0n) is 27.6. The summed E-state index contributed by atoms with van der Waals surface area (Å²) in [5.74, 6) is 1.81. The molecule has 3 fully saturated rings. The van der Waals surface area contributed by atoms with E-state index in [-0.39, 0.29) is 29.8 Å². The molecule has 9 heteroatoms. The number of nitrogens with one attached hydrogen (secondary N) is 2. The van der Waals surface area contributed by atoms with Crippen LogP contribution < -0.4 is 10.6 Å². The number of oxime groups is 1. The largest absolute Gasteiger partial charge is 0.480 e. The van der Waals surface area contributed by atoms with Crippen LogP contribution in [0.15, 0.2) is 47.1 Å². The van der Waals surface area contributed by atoms with Crippen molar-refractivity contribution in [3.63, 3.8) is 0 Å². The smallest absolute Gasteiger partial charge is 0.326 e. The minimum Gasteiger partial charge on any atom is -0.480 e. The van der Waals surface area contributed by atoms with Crippen LogP contribution in [-0.4, -0.2) is 58.0 Å². The predicted molar refractivity (Wildman–Crippen MR) is 175 cm³/mol. The van der Waals surface area contributed by atoms with E-state index in [1.165, 1.54) is 5.57 Å². The summed E-state index contributed by atoms with van der Waals surface area (Å²) in [6, 6.07) is 7.02. The number of aliphatic hydroxyl groups is 1. The zero-order valence-corrected chi connectivity index (χ0v) is 27.6. The Morgan fingerprint density at radius 2 is 1.76 bits per heavy atom. The highest BCUT2D eigenvalue weighted by molar-refractivity contribution is 5.96. The van der Waals surface area contributed by atoms with E-state index in [9.17, 15) is 24.6 Å². The van der Waals surface area contributed by atoms with Crippen molar-refractivity contribution >= 4 is 23.5 Å². The average Bonchev–Trinajstić information content (AvgIpc) is 3.30. The number of fused-ring (bicyclic) bond motifs is 5. The van der Waals surface area contributed by atoms with Gasteiger partial charge in [0.2, 0.25) is 5.91 Å². The van der Waals surface area contributed by atoms with Crippen molar-refractivity contribution in [1.82, 2.24) is 10.6 Å². The van der Waals surface area contributed by atoms with Gasteiger partial charge in [0, 0.05) is 11.8 Å². The number of carbonyl (C=O) groups excluding carboxylic acids is 2. The molecule has 4 aliphatic rings. The van der Waals surface area contributed by atoms with Crippen molar-refractivity contribution in [2.24, 2.45) is 39.7 Å². The molecule has 4 aliphatic carbocycles. The van der Waals surface area contributed by atoms with E-state index >= 15 is 0 Å². The zero-order chi connectivity index (χ0) is 33.3. The number of nitrogens with zero attached hydrogens (tertiary/aromatic N) is 1. The number of hydrogen-bond acceptors (Lipinski definition) is 6. The average molecular weight is 632 g/mol. The molecule has 5 rings (SSSR count). The lowest BCUT2D eigenvalue weighted by Crippen LogP contribution is -2.54. The van der Waals surface area contributed by atoms with Crippen LogP contribution in [0.25, 0.3) is 0 Å². The van der Waals surface area contributed by atoms with Gasteiger partial charge in [-0.15, -0.1) is 6.42 Å². The highest BCUT2D eigenvalue weighted by Gasteiger charge is 2.63. The minimum atomic E-state index is -1.15. The Bertz CT molecular complexity index is 1430. The maximum atomic E-state index is 13.1. The third kappa shape index (κ3) is 6.33. The number of carboxylic acid groups (broad SMARTS) is 1. The molecule has 1 aromatic rings. The lowest BCUT2D eigenvalue weighted by Gasteiger charge is -2.58. The maximum Gasteiger partial charge on any atom is 0.326 e. The Morgan fingerprint density at radius 1 is 1.04 bits per heavy atom. The van der Waals surface area contributed by atoms with E-state index in [2.05, 4.69) is 41.6 Å². The molecule has 46 heavy (non-hydrogen) atoms. The first-order chi connectivity index (χ1) is 21.8. The van der Waals surface area contributed by atoms with Crippen molar-refractivity contribution < 1.29 is 29.4 Å². The summed E-state index contributed by atoms with van der Waals surface area (Å²) in [5.41, 5.74) is 1.84. The number of amides is 2. The number of allylic oxidation sites excluding steroid dienone is 2. The number of hydrogen-bond donors (Lipinski definition) is 4. The number of carboxylic acids is 1. The second-order valence-electron chi connectivity index (χ2n) is 14.7. The Labute approximate surface area is 272 Å². The first kappa shape index (κ1) is 33.7. The first-order valence-electron chi connectivity index (χ1n) is 16.8. The molecule has 0 radical (unpaired) electrons. The molecular formula is C37H49N3O6. The summed E-state index contributed by atoms with van der Waals surface area (Å²) in [4.78, 5) is 43.2. The summed E-state index contributed by atoms with van der Waals surface area (Å²) in [6.45, 7) is 7.82. The monoisotopic (exact) mass is 631 g/mol. The Kier molecular flexibility index (Phi) is 9.70. The van der Waals surface area contributed by atoms with Crippen molar-refractivity contribution in [3.05, 3.63) is 47.5 Å². The van der Waals surface area contributed by atoms with Crippen LogP contribution in [-0.2, 0) is 25.6 Å². The van der Waals surface area contributed by atoms with Gasteiger partial charge in [0.05, 0.1) is 5.71 Å². The molecule has 0 aromatic heterocycles. The van der Waals surface area contributed by atoms with Crippen LogP contribution in [0.2, 0.25) is 0 Å². The van der Waals surface area contributed by atoms with Gasteiger partial charge in [0.25, 0.3) is 5.91 Å². The molecule has 1 aromatic carbocycles. The van der Waals surface area contributed by atoms with E-state index in [4.69, 9.17) is 11.3 Å². The molecule has 248 valence electrons. The first-order valence-corrected chi connectivity index (χ1v) is 16.8. The summed E-state index contributed by atoms with van der Waals surface area (Å²) in [6.07, 6.45) is 15.6. The normalized spacial score (nSPS) is 33.8. The second kappa shape index (κ2) is 13.2. The number of rotatable bonds is 10. The third-order valence-corrected chi connectivity index (χ3v) is 11.9. The van der Waals surface area contributed by atoms with Gasteiger partial charge in [-0.05, 0) is 92.1 Å². The van der Waals surface area contributed by atoms with Crippen LogP contribution in [0.4, 0.5) is 0 Å². The van der Waals surface area contributed by atoms with Crippen molar-refractivity contribution in [3.8, 4) is 12.3 Å². The summed E-state index contributed by atoms with van der Waals surface area (Å²) >= 11 is 0. The fourth-order valence-corrected chi connectivity index (χ4v) is 9.13. The van der Waals surface area contributed by atoms with Gasteiger partial charge in [0.1, 0.15) is 17.7 Å². The number of carbonyl (C=O) groups is 3. The fraction of sp³-hybridized carbons (Fsp3) is 0.622. The highest BCUT2D eigenvalue weighted by atomic mass is 16.6. The molecular weight excluding hydrogens is 582 g/mol. The predicted octanol–water partition coefficient (Wildman–Crippen LogP) is 4.64. The van der Waals surface area contributed by atoms with Gasteiger partial charge in [-0.3, -0.25) is 9.59 Å². The van der Waals surface area contributed by atoms with Gasteiger partial charge < -0.3 is 25.7 Å². The summed E-state index contributed by atoms with van der Waals surface area (Å²) in [7, 11) is 0. The molecule has 4 N–H and O–H groups in total. The van der Waals surface area contributed by atoms with Crippen LogP contribution in [0.5, 0.6) is 0 Å². The van der Waals surface area contributed by atoms with Crippen molar-refractivity contribution in [2.45, 2.75) is 103 Å². The van der Waals surface area contributed by atoms with Crippen molar-refractivity contribution in [1.29, 1.82) is 0 Å². The van der Waals surface area contributed by atoms with Gasteiger partial charge in [-0.25, -0.2) is 4.79 Å². The van der Waals surface area contributed by atoms with Crippen LogP contribution >= 0.6 is 0 Å². The number of terminal acetylenes is 1. The van der Waals surface area contributed by atoms with Crippen LogP contribution in [0.1, 0.15) is 84.6 Å². The lowest BCUT2D eigenvalue weighted by molar-refractivity contribution is -0.142. The molecule has 9 nitrogen and oxygen atoms in total. The molecule has 0 heterocycles. The number of benzene rings is 1. The van der Waals surface area contributed by atoms with E-state index in [0.29, 0.717) is 24.2 Å². The van der Waals surface area contributed by atoms with Crippen LogP contribution in [0.3, 0.4) is 0 Å². The summed E-state index contributed by atoms with van der Waals surface area (Å²) in [5, 5.41) is 30.5. The molecule has 8 atom stereocenters. The van der Waals surface area contributed by atoms with Gasteiger partial charge in [0.15, 0.2) is 6.61 Å². The Hall–Kier alpha value is -3.64. The quantitative estimate of drug-likeness (QED) is 0.219.